The van der Waals surface area contributed by atoms with Crippen LogP contribution >= 0.6 is 0 Å². The van der Waals surface area contributed by atoms with E-state index in [4.69, 9.17) is 9.15 Å². The zero-order valence-corrected chi connectivity index (χ0v) is 14.8. The Morgan fingerprint density at radius 1 is 1.38 bits per heavy atom. The third-order valence-electron chi connectivity index (χ3n) is 4.54. The number of nitrogens with zero attached hydrogens (tertiary/aromatic N) is 1. The molecule has 7 heteroatoms. The molecule has 0 spiro atoms. The van der Waals surface area contributed by atoms with Gasteiger partial charge in [0.05, 0.1) is 19.4 Å². The summed E-state index contributed by atoms with van der Waals surface area (Å²) in [5, 5.41) is 6.18. The third-order valence-corrected chi connectivity index (χ3v) is 4.54. The van der Waals surface area contributed by atoms with Crippen molar-refractivity contribution in [2.75, 3.05) is 38.7 Å². The second-order valence-corrected chi connectivity index (χ2v) is 6.51. The van der Waals surface area contributed by atoms with Crippen molar-refractivity contribution in [1.82, 2.24) is 10.2 Å². The second-order valence-electron chi connectivity index (χ2n) is 6.51. The molecule has 0 saturated carbocycles. The van der Waals surface area contributed by atoms with Gasteiger partial charge in [0.1, 0.15) is 17.1 Å². The van der Waals surface area contributed by atoms with Crippen LogP contribution in [0.2, 0.25) is 0 Å². The van der Waals surface area contributed by atoms with Crippen molar-refractivity contribution in [3.63, 3.8) is 0 Å². The molecular weight excluding hydrogens is 337 g/mol. The highest BCUT2D eigenvalue weighted by atomic mass is 19.1. The Balaban J connectivity index is 1.74. The molecule has 1 aliphatic rings. The summed E-state index contributed by atoms with van der Waals surface area (Å²) in [4.78, 5) is 15.1. The van der Waals surface area contributed by atoms with Crippen LogP contribution < -0.4 is 10.6 Å². The van der Waals surface area contributed by atoms with Crippen LogP contribution in [0.4, 0.5) is 10.1 Å². The summed E-state index contributed by atoms with van der Waals surface area (Å²) in [6.45, 7) is 2.74. The molecule has 1 fully saturated rings. The quantitative estimate of drug-likeness (QED) is 0.706. The van der Waals surface area contributed by atoms with Crippen LogP contribution in [0.1, 0.15) is 12.2 Å². The normalized spacial score (nSPS) is 20.2. The molecule has 1 unspecified atom stereocenters. The summed E-state index contributed by atoms with van der Waals surface area (Å²) >= 11 is 0. The van der Waals surface area contributed by atoms with Gasteiger partial charge in [-0.25, -0.2) is 4.39 Å². The van der Waals surface area contributed by atoms with Crippen LogP contribution in [0.15, 0.2) is 47.1 Å². The topological polar surface area (TPSA) is 66.7 Å². The third kappa shape index (κ3) is 4.42. The molecule has 1 aromatic carbocycles. The Morgan fingerprint density at radius 3 is 3.00 bits per heavy atom. The van der Waals surface area contributed by atoms with E-state index in [0.29, 0.717) is 38.3 Å². The van der Waals surface area contributed by atoms with Gasteiger partial charge in [0.25, 0.3) is 0 Å². The van der Waals surface area contributed by atoms with Gasteiger partial charge in [-0.1, -0.05) is 6.07 Å². The van der Waals surface area contributed by atoms with Crippen molar-refractivity contribution in [2.45, 2.75) is 18.5 Å². The smallest absolute Gasteiger partial charge is 0.247 e. The molecule has 1 aromatic heterocycles. The zero-order valence-electron chi connectivity index (χ0n) is 14.8. The molecule has 0 bridgehead atoms. The van der Waals surface area contributed by atoms with Crippen LogP contribution in [0.25, 0.3) is 0 Å². The number of hydrogen-bond donors (Lipinski definition) is 2. The summed E-state index contributed by atoms with van der Waals surface area (Å²) < 4.78 is 24.0. The van der Waals surface area contributed by atoms with Gasteiger partial charge in [0.15, 0.2) is 0 Å². The van der Waals surface area contributed by atoms with E-state index in [1.807, 2.05) is 12.1 Å². The van der Waals surface area contributed by atoms with E-state index in [-0.39, 0.29) is 11.7 Å². The van der Waals surface area contributed by atoms with Crippen molar-refractivity contribution in [1.29, 1.82) is 0 Å². The van der Waals surface area contributed by atoms with Gasteiger partial charge in [-0.3, -0.25) is 9.69 Å². The zero-order chi connectivity index (χ0) is 18.4. The molecule has 6 nitrogen and oxygen atoms in total. The molecule has 26 heavy (non-hydrogen) atoms. The largest absolute Gasteiger partial charge is 0.468 e. The number of benzene rings is 1. The molecule has 0 aliphatic carbocycles. The Hall–Kier alpha value is -2.38. The monoisotopic (exact) mass is 361 g/mol. The Labute approximate surface area is 152 Å². The molecule has 1 saturated heterocycles. The number of methoxy groups -OCH3 is 1. The first-order chi connectivity index (χ1) is 12.6. The summed E-state index contributed by atoms with van der Waals surface area (Å²) in [5.74, 6) is 0.405. The minimum absolute atomic E-state index is 0.110. The van der Waals surface area contributed by atoms with E-state index in [9.17, 15) is 9.18 Å². The lowest BCUT2D eigenvalue weighted by Crippen LogP contribution is -2.54. The summed E-state index contributed by atoms with van der Waals surface area (Å²) in [6.07, 6.45) is 2.25. The number of carbonyl (C=O) groups excluding carboxylic acids is 1. The van der Waals surface area contributed by atoms with Gasteiger partial charge in [0.2, 0.25) is 5.91 Å². The highest BCUT2D eigenvalue weighted by Crippen LogP contribution is 2.28. The lowest BCUT2D eigenvalue weighted by Gasteiger charge is -2.30. The van der Waals surface area contributed by atoms with Crippen LogP contribution in [0.3, 0.4) is 0 Å². The van der Waals surface area contributed by atoms with Gasteiger partial charge < -0.3 is 19.8 Å². The number of nitrogens with one attached hydrogen (secondary N) is 2. The molecule has 1 aliphatic heterocycles. The van der Waals surface area contributed by atoms with Gasteiger partial charge >= 0.3 is 0 Å². The van der Waals surface area contributed by atoms with Gasteiger partial charge in [-0.05, 0) is 36.8 Å². The number of likely N-dealkylation sites (tertiary alicyclic amines) is 1. The van der Waals surface area contributed by atoms with E-state index in [1.165, 1.54) is 12.1 Å². The van der Waals surface area contributed by atoms with E-state index >= 15 is 0 Å². The lowest BCUT2D eigenvalue weighted by atomic mass is 9.96. The molecular formula is C19H24FN3O3. The SMILES string of the molecule is COCCNC(=O)C1(Nc2cccc(F)c2)CCN(Cc2ccco2)C1. The first-order valence-corrected chi connectivity index (χ1v) is 8.67. The molecule has 2 N–H and O–H groups in total. The van der Waals surface area contributed by atoms with Crippen LogP contribution in [-0.4, -0.2) is 49.7 Å². The number of furan rings is 1. The average Bonchev–Trinajstić information content (AvgIpc) is 3.26. The molecule has 0 radical (unpaired) electrons. The van der Waals surface area contributed by atoms with Crippen LogP contribution in [0, 0.1) is 5.82 Å². The van der Waals surface area contributed by atoms with E-state index < -0.39 is 5.54 Å². The fourth-order valence-electron chi connectivity index (χ4n) is 3.27. The standard InChI is InChI=1S/C19H24FN3O3/c1-25-11-8-21-18(24)19(22-16-5-2-4-15(20)12-16)7-9-23(14-19)13-17-6-3-10-26-17/h2-6,10,12,22H,7-9,11,13-14H2,1H3,(H,21,24). The highest BCUT2D eigenvalue weighted by molar-refractivity contribution is 5.90. The molecule has 1 atom stereocenters. The van der Waals surface area contributed by atoms with Gasteiger partial charge in [0, 0.05) is 32.4 Å². The molecule has 140 valence electrons. The van der Waals surface area contributed by atoms with Gasteiger partial charge in [-0.15, -0.1) is 0 Å². The van der Waals surface area contributed by atoms with Crippen molar-refractivity contribution in [2.24, 2.45) is 0 Å². The number of anilines is 1. The van der Waals surface area contributed by atoms with Crippen LogP contribution in [0.5, 0.6) is 0 Å². The van der Waals surface area contributed by atoms with E-state index in [0.717, 1.165) is 12.3 Å². The Morgan fingerprint density at radius 2 is 2.27 bits per heavy atom. The fraction of sp³-hybridized carbons (Fsp3) is 0.421. The molecule has 2 heterocycles. The number of hydrogen-bond acceptors (Lipinski definition) is 5. The number of amides is 1. The summed E-state index contributed by atoms with van der Waals surface area (Å²) in [5.41, 5.74) is -0.236. The minimum Gasteiger partial charge on any atom is -0.468 e. The maximum Gasteiger partial charge on any atom is 0.247 e. The lowest BCUT2D eigenvalue weighted by molar-refractivity contribution is -0.125. The van der Waals surface area contributed by atoms with Crippen molar-refractivity contribution < 1.29 is 18.3 Å². The molecule has 3 rings (SSSR count). The van der Waals surface area contributed by atoms with Crippen molar-refractivity contribution in [3.05, 3.63) is 54.2 Å². The Bertz CT molecular complexity index is 723. The minimum atomic E-state index is -0.825. The number of ether oxygens (including phenoxy) is 1. The van der Waals surface area contributed by atoms with Crippen molar-refractivity contribution in [3.8, 4) is 0 Å². The van der Waals surface area contributed by atoms with E-state index in [1.54, 1.807) is 25.5 Å². The van der Waals surface area contributed by atoms with Crippen LogP contribution in [-0.2, 0) is 16.1 Å². The fourth-order valence-corrected chi connectivity index (χ4v) is 3.27. The summed E-state index contributed by atoms with van der Waals surface area (Å²) in [6, 6.07) is 9.94. The Kier molecular flexibility index (Phi) is 5.90. The first-order valence-electron chi connectivity index (χ1n) is 8.67. The second kappa shape index (κ2) is 8.33. The number of rotatable bonds is 8. The maximum absolute atomic E-state index is 13.6. The van der Waals surface area contributed by atoms with E-state index in [2.05, 4.69) is 15.5 Å². The van der Waals surface area contributed by atoms with Gasteiger partial charge in [-0.2, -0.15) is 0 Å². The maximum atomic E-state index is 13.6. The molecule has 1 amide bonds. The summed E-state index contributed by atoms with van der Waals surface area (Å²) in [7, 11) is 1.59. The predicted octanol–water partition coefficient (Wildman–Crippen LogP) is 2.24. The average molecular weight is 361 g/mol. The number of halogens is 1. The predicted molar refractivity (Wildman–Crippen MR) is 96.2 cm³/mol. The van der Waals surface area contributed by atoms with Crippen molar-refractivity contribution >= 4 is 11.6 Å². The number of carbonyl (C=O) groups is 1. The highest BCUT2D eigenvalue weighted by Gasteiger charge is 2.44. The molecule has 2 aromatic rings. The first kappa shape index (κ1) is 18.4.